The molecule has 0 aliphatic carbocycles. The van der Waals surface area contributed by atoms with E-state index in [2.05, 4.69) is 4.90 Å². The van der Waals surface area contributed by atoms with E-state index in [1.165, 1.54) is 19.4 Å². The fourth-order valence-electron chi connectivity index (χ4n) is 3.35. The Bertz CT molecular complexity index is 427. The van der Waals surface area contributed by atoms with E-state index in [4.69, 9.17) is 5.11 Å². The van der Waals surface area contributed by atoms with E-state index in [0.717, 1.165) is 19.4 Å². The maximum Gasteiger partial charge on any atom is 0.352 e. The third-order valence-electron chi connectivity index (χ3n) is 4.18. The van der Waals surface area contributed by atoms with Gasteiger partial charge in [-0.2, -0.15) is 0 Å². The van der Waals surface area contributed by atoms with Crippen molar-refractivity contribution in [2.75, 3.05) is 13.1 Å². The summed E-state index contributed by atoms with van der Waals surface area (Å²) in [6, 6.07) is 4.58. The van der Waals surface area contributed by atoms with Gasteiger partial charge in [0.15, 0.2) is 0 Å². The Hall–Kier alpha value is -1.29. The van der Waals surface area contributed by atoms with Gasteiger partial charge in [0.1, 0.15) is 5.69 Å². The van der Waals surface area contributed by atoms with Crippen molar-refractivity contribution in [1.82, 2.24) is 9.47 Å². The molecule has 0 radical (unpaired) electrons. The van der Waals surface area contributed by atoms with Gasteiger partial charge in [0.25, 0.3) is 0 Å². The Labute approximate surface area is 101 Å². The topological polar surface area (TPSA) is 45.5 Å². The van der Waals surface area contributed by atoms with E-state index in [1.807, 2.05) is 16.8 Å². The van der Waals surface area contributed by atoms with Crippen molar-refractivity contribution in [3.63, 3.8) is 0 Å². The maximum atomic E-state index is 11.1. The minimum atomic E-state index is -0.816. The summed E-state index contributed by atoms with van der Waals surface area (Å²) < 4.78 is 1.96. The molecule has 0 amide bonds. The van der Waals surface area contributed by atoms with Crippen LogP contribution in [-0.4, -0.2) is 39.7 Å². The molecule has 3 heterocycles. The lowest BCUT2D eigenvalue weighted by Gasteiger charge is -2.35. The highest BCUT2D eigenvalue weighted by atomic mass is 16.4. The van der Waals surface area contributed by atoms with Gasteiger partial charge in [-0.3, -0.25) is 0 Å². The van der Waals surface area contributed by atoms with Crippen LogP contribution >= 0.6 is 0 Å². The van der Waals surface area contributed by atoms with E-state index in [-0.39, 0.29) is 0 Å². The monoisotopic (exact) mass is 234 g/mol. The Morgan fingerprint density at radius 2 is 2.18 bits per heavy atom. The first-order valence-electron chi connectivity index (χ1n) is 6.40. The average molecular weight is 234 g/mol. The molecule has 3 rings (SSSR count). The van der Waals surface area contributed by atoms with Crippen LogP contribution in [0.3, 0.4) is 0 Å². The van der Waals surface area contributed by atoms with Crippen LogP contribution < -0.4 is 0 Å². The van der Waals surface area contributed by atoms with E-state index in [1.54, 1.807) is 6.07 Å². The fourth-order valence-corrected chi connectivity index (χ4v) is 3.35. The van der Waals surface area contributed by atoms with Crippen LogP contribution in [0.15, 0.2) is 18.3 Å². The summed E-state index contributed by atoms with van der Waals surface area (Å²) in [4.78, 5) is 13.7. The summed E-state index contributed by atoms with van der Waals surface area (Å²) in [7, 11) is 0. The molecule has 2 fully saturated rings. The molecule has 2 aliphatic rings. The standard InChI is InChI=1S/C13H18N2O2/c16-13(17)12-4-2-7-15(12)11-5-8-14-6-1-3-10(14)9-11/h2,4,7,10-11H,1,3,5-6,8-9H2,(H,16,17). The van der Waals surface area contributed by atoms with Gasteiger partial charge < -0.3 is 14.6 Å². The molecular formula is C13H18N2O2. The second kappa shape index (κ2) is 4.18. The van der Waals surface area contributed by atoms with Gasteiger partial charge in [-0.05, 0) is 44.4 Å². The quantitative estimate of drug-likeness (QED) is 0.851. The third-order valence-corrected chi connectivity index (χ3v) is 4.18. The van der Waals surface area contributed by atoms with Crippen LogP contribution in [0.25, 0.3) is 0 Å². The second-order valence-corrected chi connectivity index (χ2v) is 5.12. The first-order chi connectivity index (χ1) is 8.25. The third kappa shape index (κ3) is 1.86. The summed E-state index contributed by atoms with van der Waals surface area (Å²) in [5.74, 6) is -0.816. The predicted octanol–water partition coefficient (Wildman–Crippen LogP) is 1.99. The normalized spacial score (nSPS) is 29.2. The molecule has 0 aromatic carbocycles. The van der Waals surface area contributed by atoms with Gasteiger partial charge in [0.05, 0.1) is 0 Å². The molecule has 17 heavy (non-hydrogen) atoms. The first kappa shape index (κ1) is 10.8. The van der Waals surface area contributed by atoms with Crippen LogP contribution in [0.4, 0.5) is 0 Å². The zero-order valence-electron chi connectivity index (χ0n) is 9.88. The molecule has 4 heteroatoms. The Kier molecular flexibility index (Phi) is 2.67. The fraction of sp³-hybridized carbons (Fsp3) is 0.615. The van der Waals surface area contributed by atoms with Crippen LogP contribution in [0.5, 0.6) is 0 Å². The number of nitrogens with zero attached hydrogens (tertiary/aromatic N) is 2. The summed E-state index contributed by atoms with van der Waals surface area (Å²) in [6.45, 7) is 2.35. The SMILES string of the molecule is O=C(O)c1cccn1C1CCN2CCCC2C1. The molecule has 2 saturated heterocycles. The highest BCUT2D eigenvalue weighted by Crippen LogP contribution is 2.33. The molecule has 2 atom stereocenters. The van der Waals surface area contributed by atoms with Gasteiger partial charge in [0.2, 0.25) is 0 Å². The van der Waals surface area contributed by atoms with Crippen molar-refractivity contribution >= 4 is 5.97 Å². The number of rotatable bonds is 2. The number of carboxylic acid groups (broad SMARTS) is 1. The molecule has 1 aromatic heterocycles. The summed E-state index contributed by atoms with van der Waals surface area (Å²) in [6.07, 6.45) is 6.67. The number of carbonyl (C=O) groups is 1. The van der Waals surface area contributed by atoms with Crippen LogP contribution in [0.1, 0.15) is 42.2 Å². The van der Waals surface area contributed by atoms with Gasteiger partial charge in [-0.25, -0.2) is 4.79 Å². The molecule has 0 spiro atoms. The van der Waals surface area contributed by atoms with Crippen LogP contribution in [0.2, 0.25) is 0 Å². The van der Waals surface area contributed by atoms with Crippen molar-refractivity contribution in [2.45, 2.75) is 37.8 Å². The van der Waals surface area contributed by atoms with E-state index < -0.39 is 5.97 Å². The number of hydrogen-bond acceptors (Lipinski definition) is 2. The first-order valence-corrected chi connectivity index (χ1v) is 6.40. The minimum Gasteiger partial charge on any atom is -0.477 e. The molecule has 2 unspecified atom stereocenters. The Morgan fingerprint density at radius 3 is 3.00 bits per heavy atom. The molecule has 2 aliphatic heterocycles. The highest BCUT2D eigenvalue weighted by Gasteiger charge is 2.33. The molecule has 92 valence electrons. The Balaban J connectivity index is 1.80. The predicted molar refractivity (Wildman–Crippen MR) is 64.3 cm³/mol. The van der Waals surface area contributed by atoms with Gasteiger partial charge in [-0.1, -0.05) is 0 Å². The lowest BCUT2D eigenvalue weighted by atomic mass is 9.97. The molecular weight excluding hydrogens is 216 g/mol. The molecule has 0 bridgehead atoms. The molecule has 0 saturated carbocycles. The van der Waals surface area contributed by atoms with E-state index in [9.17, 15) is 4.79 Å². The van der Waals surface area contributed by atoms with Crippen molar-refractivity contribution in [3.8, 4) is 0 Å². The zero-order chi connectivity index (χ0) is 11.8. The molecule has 4 nitrogen and oxygen atoms in total. The van der Waals surface area contributed by atoms with Gasteiger partial charge in [0, 0.05) is 24.8 Å². The number of fused-ring (bicyclic) bond motifs is 1. The lowest BCUT2D eigenvalue weighted by Crippen LogP contribution is -2.39. The van der Waals surface area contributed by atoms with Crippen molar-refractivity contribution in [1.29, 1.82) is 0 Å². The summed E-state index contributed by atoms with van der Waals surface area (Å²) >= 11 is 0. The number of aromatic carboxylic acids is 1. The number of hydrogen-bond donors (Lipinski definition) is 1. The van der Waals surface area contributed by atoms with Crippen molar-refractivity contribution < 1.29 is 9.90 Å². The average Bonchev–Trinajstić information content (AvgIpc) is 2.96. The second-order valence-electron chi connectivity index (χ2n) is 5.12. The van der Waals surface area contributed by atoms with E-state index >= 15 is 0 Å². The van der Waals surface area contributed by atoms with Gasteiger partial charge in [-0.15, -0.1) is 0 Å². The number of piperidine rings is 1. The minimum absolute atomic E-state index is 0.371. The lowest BCUT2D eigenvalue weighted by molar-refractivity contribution is 0.0675. The summed E-state index contributed by atoms with van der Waals surface area (Å²) in [5.41, 5.74) is 0.432. The maximum absolute atomic E-state index is 11.1. The highest BCUT2D eigenvalue weighted by molar-refractivity contribution is 5.85. The van der Waals surface area contributed by atoms with Crippen molar-refractivity contribution in [2.24, 2.45) is 0 Å². The number of aromatic nitrogens is 1. The summed E-state index contributed by atoms with van der Waals surface area (Å²) in [5, 5.41) is 9.14. The van der Waals surface area contributed by atoms with Gasteiger partial charge >= 0.3 is 5.97 Å². The molecule has 1 aromatic rings. The number of carboxylic acids is 1. The molecule has 1 N–H and O–H groups in total. The largest absolute Gasteiger partial charge is 0.477 e. The van der Waals surface area contributed by atoms with Crippen LogP contribution in [-0.2, 0) is 0 Å². The van der Waals surface area contributed by atoms with Crippen LogP contribution in [0, 0.1) is 0 Å². The van der Waals surface area contributed by atoms with Crippen molar-refractivity contribution in [3.05, 3.63) is 24.0 Å². The van der Waals surface area contributed by atoms with E-state index in [0.29, 0.717) is 17.8 Å². The Morgan fingerprint density at radius 1 is 1.29 bits per heavy atom. The zero-order valence-corrected chi connectivity index (χ0v) is 9.88. The smallest absolute Gasteiger partial charge is 0.352 e.